The molecule has 0 fully saturated rings. The highest BCUT2D eigenvalue weighted by Crippen LogP contribution is 2.38. The summed E-state index contributed by atoms with van der Waals surface area (Å²) < 4.78 is 0. The molecule has 0 saturated heterocycles. The van der Waals surface area contributed by atoms with Gasteiger partial charge in [0.25, 0.3) is 0 Å². The Labute approximate surface area is 170 Å². The van der Waals surface area contributed by atoms with E-state index in [2.05, 4.69) is 80.6 Å². The summed E-state index contributed by atoms with van der Waals surface area (Å²) in [4.78, 5) is 0. The molecule has 3 aromatic rings. The Morgan fingerprint density at radius 3 is 2.21 bits per heavy atom. The summed E-state index contributed by atoms with van der Waals surface area (Å²) in [5.74, 6) is 0.555. The van der Waals surface area contributed by atoms with Crippen molar-refractivity contribution in [1.82, 2.24) is 0 Å². The quantitative estimate of drug-likeness (QED) is 0.394. The Kier molecular flexibility index (Phi) is 5.95. The Hall–Kier alpha value is -2.34. The highest BCUT2D eigenvalue weighted by Gasteiger charge is 2.22. The number of hydrogen-bond donors (Lipinski definition) is 0. The summed E-state index contributed by atoms with van der Waals surface area (Å²) in [6, 6.07) is 25.6. The fourth-order valence-electron chi connectivity index (χ4n) is 4.64. The number of hydrogen-bond acceptors (Lipinski definition) is 0. The predicted molar refractivity (Wildman–Crippen MR) is 121 cm³/mol. The molecule has 28 heavy (non-hydrogen) atoms. The molecule has 0 radical (unpaired) electrons. The lowest BCUT2D eigenvalue weighted by molar-refractivity contribution is 0.685. The van der Waals surface area contributed by atoms with Crippen molar-refractivity contribution in [1.29, 1.82) is 0 Å². The van der Waals surface area contributed by atoms with Crippen LogP contribution in [0, 0.1) is 0 Å². The molecule has 0 heterocycles. The zero-order valence-corrected chi connectivity index (χ0v) is 17.4. The van der Waals surface area contributed by atoms with Crippen molar-refractivity contribution >= 4 is 0 Å². The van der Waals surface area contributed by atoms with E-state index in [-0.39, 0.29) is 0 Å². The maximum atomic E-state index is 2.50. The van der Waals surface area contributed by atoms with Crippen LogP contribution in [-0.2, 0) is 25.7 Å². The fourth-order valence-corrected chi connectivity index (χ4v) is 4.64. The van der Waals surface area contributed by atoms with E-state index in [0.29, 0.717) is 5.92 Å². The van der Waals surface area contributed by atoms with Crippen LogP contribution in [0.2, 0.25) is 0 Å². The summed E-state index contributed by atoms with van der Waals surface area (Å²) in [6.45, 7) is 4.51. The maximum absolute atomic E-state index is 2.50. The van der Waals surface area contributed by atoms with Crippen molar-refractivity contribution in [3.05, 3.63) is 94.5 Å². The molecule has 1 unspecified atom stereocenters. The normalized spacial score (nSPS) is 15.6. The number of unbranched alkanes of at least 4 members (excludes halogenated alkanes) is 2. The van der Waals surface area contributed by atoms with E-state index in [0.717, 1.165) is 19.3 Å². The minimum atomic E-state index is 0.555. The second-order valence-electron chi connectivity index (χ2n) is 8.31. The second kappa shape index (κ2) is 8.78. The van der Waals surface area contributed by atoms with E-state index in [1.165, 1.54) is 64.6 Å². The SMILES string of the molecule is CCCCCc1ccc2c(c1)CC(c1ccc(CC)cc1)Cc1ccccc1-2. The molecule has 0 heteroatoms. The monoisotopic (exact) mass is 368 g/mol. The van der Waals surface area contributed by atoms with Gasteiger partial charge < -0.3 is 0 Å². The summed E-state index contributed by atoms with van der Waals surface area (Å²) in [7, 11) is 0. The minimum absolute atomic E-state index is 0.555. The summed E-state index contributed by atoms with van der Waals surface area (Å²) in [5, 5.41) is 0. The smallest absolute Gasteiger partial charge is 0.00806 e. The molecule has 3 aromatic carbocycles. The average Bonchev–Trinajstić information content (AvgIpc) is 2.90. The van der Waals surface area contributed by atoms with Crippen LogP contribution in [0.4, 0.5) is 0 Å². The van der Waals surface area contributed by atoms with Gasteiger partial charge in [-0.2, -0.15) is 0 Å². The maximum Gasteiger partial charge on any atom is -0.00806 e. The summed E-state index contributed by atoms with van der Waals surface area (Å²) in [6.07, 6.45) is 8.49. The van der Waals surface area contributed by atoms with E-state index in [1.807, 2.05) is 0 Å². The first-order valence-corrected chi connectivity index (χ1v) is 11.1. The van der Waals surface area contributed by atoms with E-state index in [1.54, 1.807) is 0 Å². The lowest BCUT2D eigenvalue weighted by Crippen LogP contribution is -2.05. The molecule has 1 aliphatic carbocycles. The molecule has 4 rings (SSSR count). The Bertz CT molecular complexity index is 917. The lowest BCUT2D eigenvalue weighted by atomic mass is 9.87. The first-order chi connectivity index (χ1) is 13.8. The first kappa shape index (κ1) is 19.0. The molecule has 0 aromatic heterocycles. The van der Waals surface area contributed by atoms with Gasteiger partial charge in [0.1, 0.15) is 0 Å². The molecule has 0 N–H and O–H groups in total. The van der Waals surface area contributed by atoms with Gasteiger partial charge in [-0.15, -0.1) is 0 Å². The summed E-state index contributed by atoms with van der Waals surface area (Å²) >= 11 is 0. The molecule has 0 spiro atoms. The van der Waals surface area contributed by atoms with Crippen LogP contribution in [0.25, 0.3) is 11.1 Å². The van der Waals surface area contributed by atoms with Gasteiger partial charge in [-0.05, 0) is 77.0 Å². The molecular formula is C28H32. The molecule has 0 bridgehead atoms. The van der Waals surface area contributed by atoms with Gasteiger partial charge >= 0.3 is 0 Å². The van der Waals surface area contributed by atoms with Gasteiger partial charge in [-0.3, -0.25) is 0 Å². The largest absolute Gasteiger partial charge is 0.0654 e. The van der Waals surface area contributed by atoms with E-state index in [4.69, 9.17) is 0 Å². The average molecular weight is 369 g/mol. The lowest BCUT2D eigenvalue weighted by Gasteiger charge is -2.17. The van der Waals surface area contributed by atoms with Gasteiger partial charge in [-0.25, -0.2) is 0 Å². The molecule has 0 saturated carbocycles. The van der Waals surface area contributed by atoms with Crippen LogP contribution >= 0.6 is 0 Å². The van der Waals surface area contributed by atoms with Crippen LogP contribution in [0.15, 0.2) is 66.7 Å². The van der Waals surface area contributed by atoms with Gasteiger partial charge in [0.15, 0.2) is 0 Å². The van der Waals surface area contributed by atoms with Crippen molar-refractivity contribution in [3.8, 4) is 11.1 Å². The van der Waals surface area contributed by atoms with Gasteiger partial charge in [0.05, 0.1) is 0 Å². The highest BCUT2D eigenvalue weighted by molar-refractivity contribution is 5.72. The van der Waals surface area contributed by atoms with Gasteiger partial charge in [0, 0.05) is 0 Å². The molecule has 1 aliphatic rings. The van der Waals surface area contributed by atoms with E-state index >= 15 is 0 Å². The van der Waals surface area contributed by atoms with Gasteiger partial charge in [0.2, 0.25) is 0 Å². The fraction of sp³-hybridized carbons (Fsp3) is 0.357. The third-order valence-corrected chi connectivity index (χ3v) is 6.34. The Balaban J connectivity index is 1.71. The summed E-state index contributed by atoms with van der Waals surface area (Å²) in [5.41, 5.74) is 10.3. The first-order valence-electron chi connectivity index (χ1n) is 11.1. The predicted octanol–water partition coefficient (Wildman–Crippen LogP) is 7.53. The standard InChI is InChI=1S/C28H32/c1-3-5-6-9-22-14-17-28-26(18-22)20-25(19-24-10-7-8-11-27(24)28)23-15-12-21(4-2)13-16-23/h7-8,10-18,25H,3-6,9,19-20H2,1-2H3. The van der Waals surface area contributed by atoms with Crippen molar-refractivity contribution in [2.24, 2.45) is 0 Å². The van der Waals surface area contributed by atoms with Crippen molar-refractivity contribution in [2.75, 3.05) is 0 Å². The Morgan fingerprint density at radius 2 is 1.43 bits per heavy atom. The molecule has 0 amide bonds. The van der Waals surface area contributed by atoms with Crippen LogP contribution in [0.3, 0.4) is 0 Å². The third kappa shape index (κ3) is 4.07. The zero-order chi connectivity index (χ0) is 19.3. The van der Waals surface area contributed by atoms with Crippen LogP contribution in [0.1, 0.15) is 66.8 Å². The second-order valence-corrected chi connectivity index (χ2v) is 8.31. The zero-order valence-electron chi connectivity index (χ0n) is 17.4. The molecule has 0 nitrogen and oxygen atoms in total. The van der Waals surface area contributed by atoms with Crippen LogP contribution in [0.5, 0.6) is 0 Å². The van der Waals surface area contributed by atoms with Crippen molar-refractivity contribution < 1.29 is 0 Å². The third-order valence-electron chi connectivity index (χ3n) is 6.34. The molecular weight excluding hydrogens is 336 g/mol. The number of rotatable bonds is 6. The number of benzene rings is 3. The van der Waals surface area contributed by atoms with Crippen LogP contribution in [-0.4, -0.2) is 0 Å². The van der Waals surface area contributed by atoms with E-state index < -0.39 is 0 Å². The van der Waals surface area contributed by atoms with Crippen molar-refractivity contribution in [2.45, 2.75) is 64.7 Å². The Morgan fingerprint density at radius 1 is 0.714 bits per heavy atom. The molecule has 0 aliphatic heterocycles. The van der Waals surface area contributed by atoms with Crippen LogP contribution < -0.4 is 0 Å². The molecule has 1 atom stereocenters. The highest BCUT2D eigenvalue weighted by atomic mass is 14.3. The topological polar surface area (TPSA) is 0 Å². The van der Waals surface area contributed by atoms with Crippen molar-refractivity contribution in [3.63, 3.8) is 0 Å². The molecule has 144 valence electrons. The number of aryl methyl sites for hydroxylation is 2. The van der Waals surface area contributed by atoms with E-state index in [9.17, 15) is 0 Å². The number of fused-ring (bicyclic) bond motifs is 3. The van der Waals surface area contributed by atoms with Gasteiger partial charge in [-0.1, -0.05) is 93.4 Å². The minimum Gasteiger partial charge on any atom is -0.0654 e.